The Morgan fingerprint density at radius 1 is 0.471 bits per heavy atom. The van der Waals surface area contributed by atoms with Crippen LogP contribution in [-0.4, -0.2) is 30.0 Å². The van der Waals surface area contributed by atoms with E-state index >= 15 is 0 Å². The van der Waals surface area contributed by atoms with Crippen LogP contribution in [0.4, 0.5) is 48.3 Å². The molecule has 0 aliphatic carbocycles. The van der Waals surface area contributed by atoms with Crippen molar-refractivity contribution in [2.75, 3.05) is 0 Å². The molecule has 0 heterocycles. The minimum Gasteiger partial charge on any atom is -0.291 e. The predicted molar refractivity (Wildman–Crippen MR) is 28.7 cm³/mol. The summed E-state index contributed by atoms with van der Waals surface area (Å²) in [5, 5.41) is 0. The zero-order valence-electron chi connectivity index (χ0n) is 7.36. The first-order valence-electron chi connectivity index (χ1n) is 3.43. The highest BCUT2D eigenvalue weighted by atomic mass is 19.4. The second kappa shape index (κ2) is 3.59. The lowest BCUT2D eigenvalue weighted by molar-refractivity contribution is -0.631. The Kier molecular flexibility index (Phi) is 3.42. The van der Waals surface area contributed by atoms with Crippen LogP contribution < -0.4 is 5.73 Å². The summed E-state index contributed by atoms with van der Waals surface area (Å²) in [7, 11) is 0. The van der Waals surface area contributed by atoms with Crippen LogP contribution in [0.5, 0.6) is 0 Å². The van der Waals surface area contributed by atoms with E-state index in [1.54, 1.807) is 0 Å². The van der Waals surface area contributed by atoms with E-state index in [0.717, 1.165) is 5.73 Å². The van der Waals surface area contributed by atoms with Crippen molar-refractivity contribution in [3.05, 3.63) is 0 Å². The fourth-order valence-electron chi connectivity index (χ4n) is 0.605. The molecule has 0 saturated heterocycles. The molecule has 0 unspecified atom stereocenters. The molecule has 0 saturated carbocycles. The van der Waals surface area contributed by atoms with Crippen molar-refractivity contribution >= 4 is 0 Å². The average molecular weight is 286 g/mol. The Balaban J connectivity index is 5.73. The number of quaternary nitrogens is 1. The molecule has 0 bridgehead atoms. The van der Waals surface area contributed by atoms with Gasteiger partial charge in [0, 0.05) is 0 Å². The molecule has 3 N–H and O–H groups in total. The average Bonchev–Trinajstić information content (AvgIpc) is 1.98. The lowest BCUT2D eigenvalue weighted by Gasteiger charge is -2.33. The van der Waals surface area contributed by atoms with E-state index < -0.39 is 30.0 Å². The molecule has 0 atom stereocenters. The highest BCUT2D eigenvalue weighted by Crippen LogP contribution is 2.55. The zero-order valence-corrected chi connectivity index (χ0v) is 7.36. The third-order valence-corrected chi connectivity index (χ3v) is 1.60. The van der Waals surface area contributed by atoms with Crippen LogP contribution in [0.1, 0.15) is 0 Å². The SMILES string of the molecule is [NH3+]C(F)(F)C(F)(F)C(F)(F)C(F)(F)C(F)(F)F. The van der Waals surface area contributed by atoms with E-state index in [4.69, 9.17) is 0 Å². The summed E-state index contributed by atoms with van der Waals surface area (Å²) < 4.78 is 131. The molecule has 0 aliphatic heterocycles. The lowest BCUT2D eigenvalue weighted by Crippen LogP contribution is -2.81. The zero-order chi connectivity index (χ0) is 14.5. The molecule has 0 radical (unpaired) electrons. The van der Waals surface area contributed by atoms with Crippen molar-refractivity contribution in [2.45, 2.75) is 30.0 Å². The van der Waals surface area contributed by atoms with E-state index in [-0.39, 0.29) is 0 Å². The van der Waals surface area contributed by atoms with E-state index in [0.29, 0.717) is 0 Å². The van der Waals surface area contributed by atoms with Crippen LogP contribution in [0, 0.1) is 0 Å². The molecule has 0 aliphatic rings. The minimum atomic E-state index is -7.34. The fraction of sp³-hybridized carbons (Fsp3) is 1.00. The van der Waals surface area contributed by atoms with Gasteiger partial charge in [0.2, 0.25) is 0 Å². The van der Waals surface area contributed by atoms with Gasteiger partial charge >= 0.3 is 30.0 Å². The summed E-state index contributed by atoms with van der Waals surface area (Å²) in [5.41, 5.74) is 1.14. The summed E-state index contributed by atoms with van der Waals surface area (Å²) in [6.45, 7) is 0. The van der Waals surface area contributed by atoms with Gasteiger partial charge in [-0.3, -0.25) is 5.73 Å². The van der Waals surface area contributed by atoms with E-state index in [1.807, 2.05) is 0 Å². The quantitative estimate of drug-likeness (QED) is 0.609. The summed E-state index contributed by atoms with van der Waals surface area (Å²) in [5.74, 6) is -21.6. The van der Waals surface area contributed by atoms with Crippen LogP contribution in [0.2, 0.25) is 0 Å². The van der Waals surface area contributed by atoms with Gasteiger partial charge in [0.25, 0.3) is 0 Å². The molecule has 0 aromatic rings. The Morgan fingerprint density at radius 3 is 0.941 bits per heavy atom. The van der Waals surface area contributed by atoms with Crippen molar-refractivity contribution in [1.29, 1.82) is 0 Å². The molecule has 12 heteroatoms. The fourth-order valence-corrected chi connectivity index (χ4v) is 0.605. The van der Waals surface area contributed by atoms with E-state index in [2.05, 4.69) is 0 Å². The first-order chi connectivity index (χ1) is 7.00. The molecular weight excluding hydrogens is 283 g/mol. The topological polar surface area (TPSA) is 27.6 Å². The van der Waals surface area contributed by atoms with Gasteiger partial charge in [-0.05, 0) is 0 Å². The van der Waals surface area contributed by atoms with Crippen molar-refractivity contribution in [3.63, 3.8) is 0 Å². The van der Waals surface area contributed by atoms with Gasteiger partial charge < -0.3 is 0 Å². The summed E-state index contributed by atoms with van der Waals surface area (Å²) in [6, 6.07) is -6.01. The van der Waals surface area contributed by atoms with Crippen LogP contribution in [0.25, 0.3) is 0 Å². The second-order valence-electron chi connectivity index (χ2n) is 2.93. The van der Waals surface area contributed by atoms with Gasteiger partial charge in [-0.25, -0.2) is 0 Å². The first-order valence-corrected chi connectivity index (χ1v) is 3.43. The second-order valence-corrected chi connectivity index (χ2v) is 2.93. The maximum atomic E-state index is 12.2. The molecule has 0 spiro atoms. The van der Waals surface area contributed by atoms with Crippen LogP contribution in [0.3, 0.4) is 0 Å². The lowest BCUT2D eigenvalue weighted by atomic mass is 10.0. The minimum absolute atomic E-state index is 1.14. The monoisotopic (exact) mass is 286 g/mol. The summed E-state index contributed by atoms with van der Waals surface area (Å²) >= 11 is 0. The van der Waals surface area contributed by atoms with Gasteiger partial charge in [-0.1, -0.05) is 0 Å². The Hall–Kier alpha value is -0.810. The number of rotatable bonds is 3. The first kappa shape index (κ1) is 16.2. The summed E-state index contributed by atoms with van der Waals surface area (Å²) in [6.07, 6.45) is -7.12. The Labute approximate surface area is 85.4 Å². The van der Waals surface area contributed by atoms with Gasteiger partial charge in [0.05, 0.1) is 0 Å². The standard InChI is InChI=1S/C5H2F11N/c6-1(7,2(8,9)4(12,13)14)3(10,11)5(15,16)17/h17H2/p+1. The van der Waals surface area contributed by atoms with Crippen LogP contribution >= 0.6 is 0 Å². The van der Waals surface area contributed by atoms with Gasteiger partial charge in [-0.15, -0.1) is 8.78 Å². The predicted octanol–water partition coefficient (Wildman–Crippen LogP) is 2.29. The molecule has 0 rings (SSSR count). The molecule has 1 nitrogen and oxygen atoms in total. The van der Waals surface area contributed by atoms with Gasteiger partial charge in [0.15, 0.2) is 0 Å². The highest BCUT2D eigenvalue weighted by Gasteiger charge is 2.88. The molecule has 17 heavy (non-hydrogen) atoms. The third kappa shape index (κ3) is 2.13. The maximum Gasteiger partial charge on any atom is 0.460 e. The normalized spacial score (nSPS) is 16.2. The van der Waals surface area contributed by atoms with Crippen molar-refractivity contribution in [2.24, 2.45) is 0 Å². The smallest absolute Gasteiger partial charge is 0.291 e. The molecule has 0 fully saturated rings. The maximum absolute atomic E-state index is 12.2. The molecule has 0 aromatic heterocycles. The molecule has 104 valence electrons. The van der Waals surface area contributed by atoms with Gasteiger partial charge in [-0.2, -0.15) is 39.5 Å². The van der Waals surface area contributed by atoms with Crippen molar-refractivity contribution in [3.8, 4) is 0 Å². The Morgan fingerprint density at radius 2 is 0.765 bits per heavy atom. The molecule has 0 amide bonds. The van der Waals surface area contributed by atoms with Crippen molar-refractivity contribution < 1.29 is 54.0 Å². The summed E-state index contributed by atoms with van der Waals surface area (Å²) in [4.78, 5) is 0. The van der Waals surface area contributed by atoms with Crippen LogP contribution in [-0.2, 0) is 0 Å². The largest absolute Gasteiger partial charge is 0.460 e. The molecule has 0 aromatic carbocycles. The number of hydrogen-bond donors (Lipinski definition) is 1. The third-order valence-electron chi connectivity index (χ3n) is 1.60. The highest BCUT2D eigenvalue weighted by molar-refractivity contribution is 5.02. The van der Waals surface area contributed by atoms with Crippen molar-refractivity contribution in [1.82, 2.24) is 0 Å². The van der Waals surface area contributed by atoms with Gasteiger partial charge in [0.1, 0.15) is 0 Å². The Bertz CT molecular complexity index is 255. The number of hydrogen-bond acceptors (Lipinski definition) is 0. The van der Waals surface area contributed by atoms with E-state index in [1.165, 1.54) is 0 Å². The number of halogens is 11. The van der Waals surface area contributed by atoms with E-state index in [9.17, 15) is 48.3 Å². The molecular formula is C5H3F11N+. The number of alkyl halides is 11. The van der Waals surface area contributed by atoms with Crippen LogP contribution in [0.15, 0.2) is 0 Å².